The monoisotopic (exact) mass is 323 g/mol. The summed E-state index contributed by atoms with van der Waals surface area (Å²) < 4.78 is 14.1. The Morgan fingerprint density at radius 2 is 2.08 bits per heavy atom. The predicted molar refractivity (Wildman–Crippen MR) is 90.9 cm³/mol. The van der Waals surface area contributed by atoms with Crippen molar-refractivity contribution in [3.8, 4) is 0 Å². The Morgan fingerprint density at radius 1 is 1.25 bits per heavy atom. The number of nitrogens with one attached hydrogen (secondary N) is 1. The number of aryl methyl sites for hydroxylation is 1. The first-order valence-corrected chi connectivity index (χ1v) is 8.11. The van der Waals surface area contributed by atoms with Crippen LogP contribution in [0.5, 0.6) is 0 Å². The van der Waals surface area contributed by atoms with Gasteiger partial charge in [-0.2, -0.15) is 0 Å². The maximum atomic E-state index is 14.1. The first-order chi connectivity index (χ1) is 11.5. The van der Waals surface area contributed by atoms with Crippen LogP contribution < -0.4 is 5.32 Å². The number of anilines is 1. The van der Waals surface area contributed by atoms with Gasteiger partial charge in [0.1, 0.15) is 5.82 Å². The molecule has 122 valence electrons. The zero-order valence-corrected chi connectivity index (χ0v) is 13.3. The topological polar surface area (TPSA) is 49.3 Å². The van der Waals surface area contributed by atoms with Crippen LogP contribution in [-0.2, 0) is 0 Å². The molecule has 2 aliphatic rings. The molecule has 4 rings (SSSR count). The smallest absolute Gasteiger partial charge is 0.338 e. The number of aromatic carboxylic acids is 1. The Labute approximate surface area is 139 Å². The van der Waals surface area contributed by atoms with Crippen LogP contribution in [0.2, 0.25) is 0 Å². The fourth-order valence-electron chi connectivity index (χ4n) is 3.94. The quantitative estimate of drug-likeness (QED) is 0.790. The second-order valence-corrected chi connectivity index (χ2v) is 6.60. The third kappa shape index (κ3) is 2.30. The summed E-state index contributed by atoms with van der Waals surface area (Å²) in [6.07, 6.45) is 5.36. The Hall–Kier alpha value is -2.62. The van der Waals surface area contributed by atoms with Crippen molar-refractivity contribution in [2.75, 3.05) is 5.32 Å². The van der Waals surface area contributed by atoms with Gasteiger partial charge in [-0.1, -0.05) is 35.9 Å². The van der Waals surface area contributed by atoms with Gasteiger partial charge in [-0.3, -0.25) is 0 Å². The molecule has 0 bridgehead atoms. The van der Waals surface area contributed by atoms with Gasteiger partial charge < -0.3 is 10.4 Å². The summed E-state index contributed by atoms with van der Waals surface area (Å²) in [7, 11) is 0. The van der Waals surface area contributed by atoms with E-state index in [1.807, 2.05) is 0 Å². The number of carbonyl (C=O) groups is 1. The molecule has 0 saturated heterocycles. The van der Waals surface area contributed by atoms with Gasteiger partial charge in [0, 0.05) is 11.6 Å². The Bertz CT molecular complexity index is 859. The lowest BCUT2D eigenvalue weighted by atomic mass is 9.76. The van der Waals surface area contributed by atoms with Gasteiger partial charge in [-0.25, -0.2) is 9.18 Å². The fourth-order valence-corrected chi connectivity index (χ4v) is 3.94. The highest BCUT2D eigenvalue weighted by atomic mass is 19.1. The van der Waals surface area contributed by atoms with E-state index < -0.39 is 11.8 Å². The van der Waals surface area contributed by atoms with Crippen LogP contribution in [-0.4, -0.2) is 11.1 Å². The van der Waals surface area contributed by atoms with Crippen LogP contribution >= 0.6 is 0 Å². The Kier molecular flexibility index (Phi) is 3.41. The number of hydrogen-bond acceptors (Lipinski definition) is 2. The van der Waals surface area contributed by atoms with E-state index in [-0.39, 0.29) is 17.5 Å². The van der Waals surface area contributed by atoms with E-state index in [1.165, 1.54) is 23.3 Å². The van der Waals surface area contributed by atoms with Crippen molar-refractivity contribution in [2.45, 2.75) is 25.3 Å². The van der Waals surface area contributed by atoms with Crippen molar-refractivity contribution < 1.29 is 14.3 Å². The van der Waals surface area contributed by atoms with E-state index in [9.17, 15) is 9.18 Å². The lowest BCUT2D eigenvalue weighted by Crippen LogP contribution is -2.29. The van der Waals surface area contributed by atoms with Crippen molar-refractivity contribution in [1.29, 1.82) is 0 Å². The molecule has 2 aromatic carbocycles. The molecule has 0 radical (unpaired) electrons. The molecule has 1 heterocycles. The number of carboxylic acid groups (broad SMARTS) is 1. The minimum atomic E-state index is -1.24. The average Bonchev–Trinajstić information content (AvgIpc) is 3.03. The number of hydrogen-bond donors (Lipinski definition) is 2. The van der Waals surface area contributed by atoms with Crippen molar-refractivity contribution in [2.24, 2.45) is 5.92 Å². The summed E-state index contributed by atoms with van der Waals surface area (Å²) >= 11 is 0. The summed E-state index contributed by atoms with van der Waals surface area (Å²) in [6, 6.07) is 10.7. The van der Waals surface area contributed by atoms with Crippen molar-refractivity contribution in [1.82, 2.24) is 0 Å². The average molecular weight is 323 g/mol. The third-order valence-electron chi connectivity index (χ3n) is 5.10. The first-order valence-electron chi connectivity index (χ1n) is 8.11. The van der Waals surface area contributed by atoms with Crippen molar-refractivity contribution in [3.05, 3.63) is 76.6 Å². The number of carboxylic acids is 1. The zero-order chi connectivity index (χ0) is 16.8. The second kappa shape index (κ2) is 5.48. The second-order valence-electron chi connectivity index (χ2n) is 6.60. The van der Waals surface area contributed by atoms with E-state index in [1.54, 1.807) is 6.07 Å². The zero-order valence-electron chi connectivity index (χ0n) is 13.3. The van der Waals surface area contributed by atoms with Crippen LogP contribution in [0.4, 0.5) is 10.1 Å². The SMILES string of the molecule is Cc1ccc2c(c1)[C@@H]1CC=C[C@@H]1[C@H](c1ccc(C(=O)O)c(F)c1)N2. The molecule has 2 N–H and O–H groups in total. The van der Waals surface area contributed by atoms with E-state index >= 15 is 0 Å². The molecule has 3 nitrogen and oxygen atoms in total. The van der Waals surface area contributed by atoms with E-state index in [2.05, 4.69) is 42.6 Å². The van der Waals surface area contributed by atoms with E-state index in [0.717, 1.165) is 17.7 Å². The molecule has 1 aliphatic heterocycles. The largest absolute Gasteiger partial charge is 0.478 e. The molecule has 0 saturated carbocycles. The van der Waals surface area contributed by atoms with Crippen LogP contribution in [0, 0.1) is 18.7 Å². The molecule has 0 spiro atoms. The van der Waals surface area contributed by atoms with E-state index in [4.69, 9.17) is 5.11 Å². The molecule has 0 aromatic heterocycles. The van der Waals surface area contributed by atoms with Gasteiger partial charge in [0.15, 0.2) is 0 Å². The lowest BCUT2D eigenvalue weighted by Gasteiger charge is -2.37. The lowest BCUT2D eigenvalue weighted by molar-refractivity contribution is 0.0692. The third-order valence-corrected chi connectivity index (χ3v) is 5.10. The van der Waals surface area contributed by atoms with Gasteiger partial charge in [0.05, 0.1) is 11.6 Å². The van der Waals surface area contributed by atoms with Crippen LogP contribution in [0.3, 0.4) is 0 Å². The molecule has 0 amide bonds. The summed E-state index contributed by atoms with van der Waals surface area (Å²) in [5.41, 5.74) is 4.12. The highest BCUT2D eigenvalue weighted by Crippen LogP contribution is 2.50. The maximum absolute atomic E-state index is 14.1. The Morgan fingerprint density at radius 3 is 2.83 bits per heavy atom. The van der Waals surface area contributed by atoms with Gasteiger partial charge in [-0.05, 0) is 48.6 Å². The number of fused-ring (bicyclic) bond motifs is 3. The maximum Gasteiger partial charge on any atom is 0.338 e. The minimum Gasteiger partial charge on any atom is -0.478 e. The normalized spacial score (nSPS) is 24.2. The highest BCUT2D eigenvalue weighted by Gasteiger charge is 2.38. The Balaban J connectivity index is 1.76. The first kappa shape index (κ1) is 14.9. The minimum absolute atomic E-state index is 0.0544. The summed E-state index contributed by atoms with van der Waals surface area (Å²) in [5.74, 6) is -1.30. The summed E-state index contributed by atoms with van der Waals surface area (Å²) in [6.45, 7) is 2.09. The molecular formula is C20H18FNO2. The molecular weight excluding hydrogens is 305 g/mol. The van der Waals surface area contributed by atoms with E-state index in [0.29, 0.717) is 5.92 Å². The highest BCUT2D eigenvalue weighted by molar-refractivity contribution is 5.88. The number of halogens is 1. The molecule has 3 atom stereocenters. The number of benzene rings is 2. The summed E-state index contributed by atoms with van der Waals surface area (Å²) in [5, 5.41) is 12.5. The van der Waals surface area contributed by atoms with Crippen LogP contribution in [0.25, 0.3) is 0 Å². The molecule has 4 heteroatoms. The van der Waals surface area contributed by atoms with Crippen molar-refractivity contribution >= 4 is 11.7 Å². The molecule has 24 heavy (non-hydrogen) atoms. The van der Waals surface area contributed by atoms with Crippen molar-refractivity contribution in [3.63, 3.8) is 0 Å². The van der Waals surface area contributed by atoms with Crippen LogP contribution in [0.1, 0.15) is 45.4 Å². The summed E-state index contributed by atoms with van der Waals surface area (Å²) in [4.78, 5) is 11.0. The van der Waals surface area contributed by atoms with Crippen LogP contribution in [0.15, 0.2) is 48.6 Å². The van der Waals surface area contributed by atoms with Gasteiger partial charge >= 0.3 is 5.97 Å². The predicted octanol–water partition coefficient (Wildman–Crippen LogP) is 4.66. The standard InChI is InChI=1S/C20H18FNO2/c1-11-5-8-18-16(9-11)13-3-2-4-14(13)19(22-18)12-6-7-15(20(23)24)17(21)10-12/h2,4-10,13-14,19,22H,3H2,1H3,(H,23,24)/t13-,14+,19+/m1/s1. The number of allylic oxidation sites excluding steroid dienone is 1. The number of rotatable bonds is 2. The molecule has 2 aromatic rings. The molecule has 0 unspecified atom stereocenters. The van der Waals surface area contributed by atoms with Gasteiger partial charge in [0.2, 0.25) is 0 Å². The molecule has 0 fully saturated rings. The fraction of sp³-hybridized carbons (Fsp3) is 0.250. The van der Waals surface area contributed by atoms with Gasteiger partial charge in [0.25, 0.3) is 0 Å². The van der Waals surface area contributed by atoms with Gasteiger partial charge in [-0.15, -0.1) is 0 Å². The molecule has 1 aliphatic carbocycles.